The zero-order valence-electron chi connectivity index (χ0n) is 17.0. The largest absolute Gasteiger partial charge is 0.326 e. The Bertz CT molecular complexity index is 1240. The fourth-order valence-corrected chi connectivity index (χ4v) is 3.55. The van der Waals surface area contributed by atoms with Crippen LogP contribution in [0.1, 0.15) is 29.8 Å². The van der Waals surface area contributed by atoms with Crippen LogP contribution in [0.25, 0.3) is 11.3 Å². The molecule has 7 nitrogen and oxygen atoms in total. The molecule has 0 aliphatic rings. The van der Waals surface area contributed by atoms with E-state index in [0.29, 0.717) is 25.1 Å². The van der Waals surface area contributed by atoms with Gasteiger partial charge >= 0.3 is 5.56 Å². The highest BCUT2D eigenvalue weighted by molar-refractivity contribution is 5.90. The lowest BCUT2D eigenvalue weighted by Crippen LogP contribution is -2.20. The molecule has 1 N–H and O–H groups in total. The van der Waals surface area contributed by atoms with Crippen LogP contribution in [-0.4, -0.2) is 25.1 Å². The molecule has 0 unspecified atom stereocenters. The number of amides is 1. The van der Waals surface area contributed by atoms with Gasteiger partial charge in [-0.2, -0.15) is 0 Å². The molecular weight excluding hydrogens is 378 g/mol. The molecule has 0 atom stereocenters. The first-order valence-corrected chi connectivity index (χ1v) is 9.90. The molecule has 0 spiro atoms. The minimum Gasteiger partial charge on any atom is -0.326 e. The van der Waals surface area contributed by atoms with Crippen LogP contribution in [0.3, 0.4) is 0 Å². The molecule has 2 aromatic heterocycles. The van der Waals surface area contributed by atoms with E-state index in [-0.39, 0.29) is 17.1 Å². The molecule has 0 aliphatic carbocycles. The Labute approximate surface area is 174 Å². The van der Waals surface area contributed by atoms with E-state index in [1.165, 1.54) is 0 Å². The van der Waals surface area contributed by atoms with Crippen LogP contribution in [-0.2, 0) is 11.2 Å². The quantitative estimate of drug-likeness (QED) is 0.536. The summed E-state index contributed by atoms with van der Waals surface area (Å²) in [5.74, 6) is 0.620. The Morgan fingerprint density at radius 2 is 1.73 bits per heavy atom. The fourth-order valence-electron chi connectivity index (χ4n) is 3.55. The molecular formula is C23H23N5O2. The zero-order valence-corrected chi connectivity index (χ0v) is 17.0. The summed E-state index contributed by atoms with van der Waals surface area (Å²) < 4.78 is 3.29. The molecule has 1 amide bonds. The number of hydrogen-bond donors (Lipinski definition) is 1. The number of carbonyl (C=O) groups is 1. The number of fused-ring (bicyclic) bond motifs is 1. The molecule has 0 aliphatic heterocycles. The highest BCUT2D eigenvalue weighted by Crippen LogP contribution is 2.13. The highest BCUT2D eigenvalue weighted by Gasteiger charge is 2.12. The van der Waals surface area contributed by atoms with Crippen molar-refractivity contribution >= 4 is 17.2 Å². The summed E-state index contributed by atoms with van der Waals surface area (Å²) in [5, 5.41) is 11.1. The van der Waals surface area contributed by atoms with Crippen LogP contribution >= 0.6 is 0 Å². The maximum absolute atomic E-state index is 12.9. The number of aryl methyl sites for hydroxylation is 3. The van der Waals surface area contributed by atoms with Crippen LogP contribution in [0.15, 0.2) is 65.7 Å². The molecule has 2 aromatic carbocycles. The molecule has 0 radical (unpaired) electrons. The fraction of sp³-hybridized carbons (Fsp3) is 0.217. The van der Waals surface area contributed by atoms with Crippen molar-refractivity contribution in [2.75, 3.05) is 5.32 Å². The first-order chi connectivity index (χ1) is 14.5. The van der Waals surface area contributed by atoms with E-state index in [9.17, 15) is 9.59 Å². The van der Waals surface area contributed by atoms with E-state index in [0.717, 1.165) is 22.5 Å². The van der Waals surface area contributed by atoms with Gasteiger partial charge in [-0.1, -0.05) is 24.3 Å². The minimum atomic E-state index is -0.219. The molecule has 0 saturated heterocycles. The van der Waals surface area contributed by atoms with Gasteiger partial charge in [0.15, 0.2) is 0 Å². The summed E-state index contributed by atoms with van der Waals surface area (Å²) >= 11 is 0. The Balaban J connectivity index is 1.48. The van der Waals surface area contributed by atoms with Gasteiger partial charge in [-0.3, -0.25) is 18.6 Å². The van der Waals surface area contributed by atoms with Crippen LogP contribution in [0.5, 0.6) is 0 Å². The van der Waals surface area contributed by atoms with Crippen LogP contribution in [0.4, 0.5) is 5.69 Å². The maximum Gasteiger partial charge on any atom is 0.300 e. The predicted octanol–water partition coefficient (Wildman–Crippen LogP) is 3.46. The molecule has 0 saturated carbocycles. The lowest BCUT2D eigenvalue weighted by molar-refractivity contribution is -0.116. The highest BCUT2D eigenvalue weighted by atomic mass is 16.1. The third kappa shape index (κ3) is 4.15. The van der Waals surface area contributed by atoms with Crippen molar-refractivity contribution in [3.05, 3.63) is 88.2 Å². The van der Waals surface area contributed by atoms with Crippen molar-refractivity contribution in [3.8, 4) is 5.69 Å². The first kappa shape index (κ1) is 19.6. The van der Waals surface area contributed by atoms with Crippen LogP contribution in [0, 0.1) is 13.8 Å². The molecule has 7 heteroatoms. The number of hydrogen-bond acceptors (Lipinski definition) is 4. The van der Waals surface area contributed by atoms with E-state index in [2.05, 4.69) is 21.6 Å². The monoisotopic (exact) mass is 401 g/mol. The number of rotatable bonds is 6. The normalized spacial score (nSPS) is 11.0. The van der Waals surface area contributed by atoms with Crippen molar-refractivity contribution in [1.29, 1.82) is 0 Å². The second-order valence-corrected chi connectivity index (χ2v) is 7.40. The maximum atomic E-state index is 12.9. The second-order valence-electron chi connectivity index (χ2n) is 7.40. The first-order valence-electron chi connectivity index (χ1n) is 9.90. The molecule has 152 valence electrons. The smallest absolute Gasteiger partial charge is 0.300 e. The third-order valence-electron chi connectivity index (χ3n) is 4.89. The molecule has 4 rings (SSSR count). The van der Waals surface area contributed by atoms with E-state index in [1.807, 2.05) is 56.3 Å². The van der Waals surface area contributed by atoms with E-state index in [1.54, 1.807) is 21.4 Å². The van der Waals surface area contributed by atoms with Crippen LogP contribution < -0.4 is 10.9 Å². The standard InChI is InChI=1S/C23H23N5O2/c1-16-13-17(2)15-19(14-16)27-11-12-28-20(25-26-22(28)23(27)30)9-6-10-21(29)24-18-7-4-3-5-8-18/h3-5,7-8,11-15H,6,9-10H2,1-2H3,(H,24,29). The van der Waals surface area contributed by atoms with Crippen molar-refractivity contribution in [2.45, 2.75) is 33.1 Å². The topological polar surface area (TPSA) is 81.3 Å². The molecule has 0 fully saturated rings. The van der Waals surface area contributed by atoms with E-state index < -0.39 is 0 Å². The Morgan fingerprint density at radius 3 is 2.47 bits per heavy atom. The SMILES string of the molecule is Cc1cc(C)cc(-n2ccn3c(CCCC(=O)Nc4ccccc4)nnc3c2=O)c1. The summed E-state index contributed by atoms with van der Waals surface area (Å²) in [5.41, 5.74) is 3.83. The average Bonchev–Trinajstić information content (AvgIpc) is 3.12. The lowest BCUT2D eigenvalue weighted by Gasteiger charge is -2.09. The summed E-state index contributed by atoms with van der Waals surface area (Å²) in [7, 11) is 0. The van der Waals surface area contributed by atoms with Gasteiger partial charge < -0.3 is 5.32 Å². The number of para-hydroxylation sites is 1. The van der Waals surface area contributed by atoms with Gasteiger partial charge in [0.2, 0.25) is 11.6 Å². The minimum absolute atomic E-state index is 0.0489. The van der Waals surface area contributed by atoms with Gasteiger partial charge in [0.05, 0.1) is 0 Å². The number of nitrogens with one attached hydrogen (secondary N) is 1. The van der Waals surface area contributed by atoms with Crippen molar-refractivity contribution < 1.29 is 4.79 Å². The predicted molar refractivity (Wildman–Crippen MR) is 116 cm³/mol. The molecule has 2 heterocycles. The van der Waals surface area contributed by atoms with Gasteiger partial charge in [0.1, 0.15) is 5.82 Å². The third-order valence-corrected chi connectivity index (χ3v) is 4.89. The summed E-state index contributed by atoms with van der Waals surface area (Å²) in [6.45, 7) is 4.01. The molecule has 4 aromatic rings. The van der Waals surface area contributed by atoms with Crippen molar-refractivity contribution in [3.63, 3.8) is 0 Å². The average molecular weight is 401 g/mol. The Hall–Kier alpha value is -3.74. The summed E-state index contributed by atoms with van der Waals surface area (Å²) in [6.07, 6.45) is 5.06. The summed E-state index contributed by atoms with van der Waals surface area (Å²) in [6, 6.07) is 15.4. The number of benzene rings is 2. The number of anilines is 1. The number of aromatic nitrogens is 4. The Kier molecular flexibility index (Phi) is 5.43. The van der Waals surface area contributed by atoms with Crippen molar-refractivity contribution in [1.82, 2.24) is 19.2 Å². The van der Waals surface area contributed by atoms with Gasteiger partial charge in [0.25, 0.3) is 0 Å². The summed E-state index contributed by atoms with van der Waals surface area (Å²) in [4.78, 5) is 25.0. The number of nitrogens with zero attached hydrogens (tertiary/aromatic N) is 4. The van der Waals surface area contributed by atoms with Crippen LogP contribution in [0.2, 0.25) is 0 Å². The van der Waals surface area contributed by atoms with Gasteiger partial charge in [-0.05, 0) is 55.7 Å². The molecule has 0 bridgehead atoms. The number of carbonyl (C=O) groups excluding carboxylic acids is 1. The lowest BCUT2D eigenvalue weighted by atomic mass is 10.1. The van der Waals surface area contributed by atoms with Gasteiger partial charge in [0, 0.05) is 36.6 Å². The molecule has 30 heavy (non-hydrogen) atoms. The second kappa shape index (κ2) is 8.32. The Morgan fingerprint density at radius 1 is 1.00 bits per heavy atom. The van der Waals surface area contributed by atoms with E-state index in [4.69, 9.17) is 0 Å². The zero-order chi connectivity index (χ0) is 21.1. The van der Waals surface area contributed by atoms with Gasteiger partial charge in [-0.15, -0.1) is 10.2 Å². The van der Waals surface area contributed by atoms with Gasteiger partial charge in [-0.25, -0.2) is 0 Å². The van der Waals surface area contributed by atoms with Crippen molar-refractivity contribution in [2.24, 2.45) is 0 Å². The van der Waals surface area contributed by atoms with E-state index >= 15 is 0 Å².